The van der Waals surface area contributed by atoms with Crippen molar-refractivity contribution in [3.63, 3.8) is 0 Å². The Bertz CT molecular complexity index is 1340. The summed E-state index contributed by atoms with van der Waals surface area (Å²) in [6.07, 6.45) is 2.62. The molecule has 31 heavy (non-hydrogen) atoms. The lowest BCUT2D eigenvalue weighted by molar-refractivity contribution is 0.305. The highest BCUT2D eigenvalue weighted by Gasteiger charge is 2.19. The van der Waals surface area contributed by atoms with Gasteiger partial charge in [-0.15, -0.1) is 0 Å². The molecule has 1 aromatic carbocycles. The van der Waals surface area contributed by atoms with Gasteiger partial charge in [0.1, 0.15) is 17.2 Å². The van der Waals surface area contributed by atoms with E-state index in [2.05, 4.69) is 29.8 Å². The normalized spacial score (nSPS) is 11.9. The van der Waals surface area contributed by atoms with Crippen molar-refractivity contribution in [2.45, 2.75) is 52.7 Å². The zero-order valence-electron chi connectivity index (χ0n) is 18.6. The SMILES string of the molecule is CCCCn1c(=O)[nH]c(=O)c2c1nc(CN(C)Cc1c(CC)oc3ccccc13)n2C. The number of para-hydroxylation sites is 1. The molecule has 4 rings (SSSR count). The average molecular weight is 424 g/mol. The Morgan fingerprint density at radius 1 is 1.16 bits per heavy atom. The number of fused-ring (bicyclic) bond motifs is 2. The third-order valence-corrected chi connectivity index (χ3v) is 5.78. The van der Waals surface area contributed by atoms with Gasteiger partial charge in [-0.05, 0) is 19.5 Å². The van der Waals surface area contributed by atoms with E-state index in [1.165, 1.54) is 5.56 Å². The van der Waals surface area contributed by atoms with Crippen LogP contribution in [-0.4, -0.2) is 31.0 Å². The number of rotatable bonds is 8. The van der Waals surface area contributed by atoms with Crippen LogP contribution in [0.4, 0.5) is 0 Å². The maximum Gasteiger partial charge on any atom is 0.330 e. The van der Waals surface area contributed by atoms with Crippen LogP contribution in [0.25, 0.3) is 22.1 Å². The first-order chi connectivity index (χ1) is 14.9. The molecule has 3 heterocycles. The molecule has 1 N–H and O–H groups in total. The summed E-state index contributed by atoms with van der Waals surface area (Å²) in [7, 11) is 3.85. The van der Waals surface area contributed by atoms with Gasteiger partial charge in [-0.1, -0.05) is 38.5 Å². The predicted molar refractivity (Wildman–Crippen MR) is 121 cm³/mol. The lowest BCUT2D eigenvalue weighted by atomic mass is 10.1. The van der Waals surface area contributed by atoms with Crippen molar-refractivity contribution in [3.8, 4) is 0 Å². The monoisotopic (exact) mass is 423 g/mol. The lowest BCUT2D eigenvalue weighted by Gasteiger charge is -2.16. The van der Waals surface area contributed by atoms with Crippen LogP contribution in [0.1, 0.15) is 43.8 Å². The Balaban J connectivity index is 1.68. The van der Waals surface area contributed by atoms with E-state index in [-0.39, 0.29) is 0 Å². The summed E-state index contributed by atoms with van der Waals surface area (Å²) < 4.78 is 9.39. The number of aromatic nitrogens is 4. The number of furan rings is 1. The van der Waals surface area contributed by atoms with Gasteiger partial charge in [-0.2, -0.15) is 0 Å². The Morgan fingerprint density at radius 3 is 2.68 bits per heavy atom. The van der Waals surface area contributed by atoms with Gasteiger partial charge in [-0.25, -0.2) is 9.78 Å². The minimum atomic E-state index is -0.401. The fourth-order valence-electron chi connectivity index (χ4n) is 4.13. The van der Waals surface area contributed by atoms with E-state index < -0.39 is 11.2 Å². The molecule has 8 heteroatoms. The summed E-state index contributed by atoms with van der Waals surface area (Å²) in [5.74, 6) is 1.73. The molecule has 0 fully saturated rings. The van der Waals surface area contributed by atoms with Crippen molar-refractivity contribution in [3.05, 3.63) is 62.3 Å². The van der Waals surface area contributed by atoms with Crippen molar-refractivity contribution in [1.29, 1.82) is 0 Å². The summed E-state index contributed by atoms with van der Waals surface area (Å²) in [6.45, 7) is 5.93. The summed E-state index contributed by atoms with van der Waals surface area (Å²) in [6, 6.07) is 8.08. The standard InChI is InChI=1S/C23H29N5O3/c1-5-7-12-28-21-20(22(29)25-23(28)30)27(4)19(24-21)14-26(3)13-16-15-10-8-9-11-18(15)31-17(16)6-2/h8-11H,5-7,12-14H2,1-4H3,(H,25,29,30). The van der Waals surface area contributed by atoms with E-state index in [9.17, 15) is 9.59 Å². The molecule has 0 amide bonds. The molecule has 0 aliphatic carbocycles. The van der Waals surface area contributed by atoms with E-state index in [1.54, 1.807) is 9.13 Å². The largest absolute Gasteiger partial charge is 0.461 e. The Kier molecular flexibility index (Phi) is 5.82. The van der Waals surface area contributed by atoms with Crippen molar-refractivity contribution < 1.29 is 4.42 Å². The number of hydrogen-bond donors (Lipinski definition) is 1. The topological polar surface area (TPSA) is 89.1 Å². The van der Waals surface area contributed by atoms with Gasteiger partial charge in [0.05, 0.1) is 6.54 Å². The van der Waals surface area contributed by atoms with Gasteiger partial charge in [0.2, 0.25) is 0 Å². The zero-order valence-corrected chi connectivity index (χ0v) is 18.6. The van der Waals surface area contributed by atoms with Gasteiger partial charge in [0, 0.05) is 37.5 Å². The number of imidazole rings is 1. The van der Waals surface area contributed by atoms with Gasteiger partial charge in [0.15, 0.2) is 11.2 Å². The van der Waals surface area contributed by atoms with Gasteiger partial charge >= 0.3 is 5.69 Å². The quantitative estimate of drug-likeness (QED) is 0.470. The molecule has 0 saturated heterocycles. The number of benzene rings is 1. The van der Waals surface area contributed by atoms with Gasteiger partial charge in [-0.3, -0.25) is 19.2 Å². The highest BCUT2D eigenvalue weighted by atomic mass is 16.3. The lowest BCUT2D eigenvalue weighted by Crippen LogP contribution is -2.31. The van der Waals surface area contributed by atoms with E-state index in [0.29, 0.717) is 30.8 Å². The predicted octanol–water partition coefficient (Wildman–Crippen LogP) is 3.16. The molecule has 0 aliphatic rings. The minimum absolute atomic E-state index is 0.397. The average Bonchev–Trinajstić information content (AvgIpc) is 3.26. The molecule has 0 bridgehead atoms. The van der Waals surface area contributed by atoms with Crippen LogP contribution in [-0.2, 0) is 33.1 Å². The highest BCUT2D eigenvalue weighted by Crippen LogP contribution is 2.27. The molecule has 0 atom stereocenters. The number of aryl methyl sites for hydroxylation is 3. The Labute approximate surface area is 180 Å². The maximum atomic E-state index is 12.5. The number of nitrogens with zero attached hydrogens (tertiary/aromatic N) is 4. The second kappa shape index (κ2) is 8.55. The molecule has 0 radical (unpaired) electrons. The van der Waals surface area contributed by atoms with Crippen LogP contribution in [0.5, 0.6) is 0 Å². The van der Waals surface area contributed by atoms with E-state index in [4.69, 9.17) is 9.40 Å². The van der Waals surface area contributed by atoms with Gasteiger partial charge in [0.25, 0.3) is 5.56 Å². The second-order valence-electron chi connectivity index (χ2n) is 8.05. The highest BCUT2D eigenvalue weighted by molar-refractivity contribution is 5.82. The molecular formula is C23H29N5O3. The number of nitrogens with one attached hydrogen (secondary N) is 1. The molecule has 164 valence electrons. The molecule has 0 spiro atoms. The zero-order chi connectivity index (χ0) is 22.1. The van der Waals surface area contributed by atoms with Crippen LogP contribution in [0.2, 0.25) is 0 Å². The summed E-state index contributed by atoms with van der Waals surface area (Å²) in [4.78, 5) is 34.1. The minimum Gasteiger partial charge on any atom is -0.461 e. The maximum absolute atomic E-state index is 12.5. The molecular weight excluding hydrogens is 394 g/mol. The van der Waals surface area contributed by atoms with Crippen LogP contribution in [0, 0.1) is 0 Å². The summed E-state index contributed by atoms with van der Waals surface area (Å²) in [5, 5.41) is 1.13. The Morgan fingerprint density at radius 2 is 1.94 bits per heavy atom. The first-order valence-corrected chi connectivity index (χ1v) is 10.8. The molecule has 0 aliphatic heterocycles. The van der Waals surface area contributed by atoms with Crippen molar-refractivity contribution in [2.75, 3.05) is 7.05 Å². The Hall–Kier alpha value is -3.13. The van der Waals surface area contributed by atoms with E-state index >= 15 is 0 Å². The van der Waals surface area contributed by atoms with E-state index in [1.807, 2.05) is 32.3 Å². The van der Waals surface area contributed by atoms with Crippen molar-refractivity contribution in [2.24, 2.45) is 7.05 Å². The fourth-order valence-corrected chi connectivity index (χ4v) is 4.13. The first-order valence-electron chi connectivity index (χ1n) is 10.8. The van der Waals surface area contributed by atoms with E-state index in [0.717, 1.165) is 41.8 Å². The first kappa shape index (κ1) is 21.1. The van der Waals surface area contributed by atoms with Crippen LogP contribution in [0.15, 0.2) is 38.3 Å². The van der Waals surface area contributed by atoms with Crippen molar-refractivity contribution >= 4 is 22.1 Å². The summed E-state index contributed by atoms with van der Waals surface area (Å²) >= 11 is 0. The third-order valence-electron chi connectivity index (χ3n) is 5.78. The van der Waals surface area contributed by atoms with Crippen LogP contribution >= 0.6 is 0 Å². The molecule has 4 aromatic rings. The van der Waals surface area contributed by atoms with Crippen molar-refractivity contribution in [1.82, 2.24) is 24.0 Å². The molecule has 3 aromatic heterocycles. The molecule has 0 saturated carbocycles. The molecule has 0 unspecified atom stereocenters. The number of aromatic amines is 1. The van der Waals surface area contributed by atoms with Gasteiger partial charge < -0.3 is 8.98 Å². The second-order valence-corrected chi connectivity index (χ2v) is 8.05. The van der Waals surface area contributed by atoms with Crippen LogP contribution in [0.3, 0.4) is 0 Å². The number of H-pyrrole nitrogens is 1. The third kappa shape index (κ3) is 3.83. The number of unbranched alkanes of at least 4 members (excludes halogenated alkanes) is 1. The van der Waals surface area contributed by atoms with Crippen LogP contribution < -0.4 is 11.2 Å². The molecule has 8 nitrogen and oxygen atoms in total. The fraction of sp³-hybridized carbons (Fsp3) is 0.435. The number of hydrogen-bond acceptors (Lipinski definition) is 5. The summed E-state index contributed by atoms with van der Waals surface area (Å²) in [5.41, 5.74) is 2.17. The smallest absolute Gasteiger partial charge is 0.330 e.